The van der Waals surface area contributed by atoms with Crippen LogP contribution in [0, 0.1) is 5.82 Å². The Bertz CT molecular complexity index is 423. The first kappa shape index (κ1) is 15.6. The van der Waals surface area contributed by atoms with E-state index >= 15 is 0 Å². The molecular weight excluding hydrogens is 249 g/mol. The van der Waals surface area contributed by atoms with Crippen molar-refractivity contribution in [2.75, 3.05) is 20.3 Å². The predicted octanol–water partition coefficient (Wildman–Crippen LogP) is 2.13. The number of carbonyl (C=O) groups excluding carboxylic acids is 1. The first-order valence-corrected chi connectivity index (χ1v) is 6.27. The molecule has 1 rings (SSSR count). The van der Waals surface area contributed by atoms with Crippen LogP contribution in [-0.2, 0) is 16.0 Å². The molecule has 0 aliphatic rings. The lowest BCUT2D eigenvalue weighted by Crippen LogP contribution is -2.26. The van der Waals surface area contributed by atoms with Crippen LogP contribution in [-0.4, -0.2) is 32.3 Å². The Kier molecular flexibility index (Phi) is 6.45. The quantitative estimate of drug-likeness (QED) is 0.770. The molecule has 1 aromatic rings. The van der Waals surface area contributed by atoms with Crippen molar-refractivity contribution >= 4 is 5.97 Å². The molecule has 0 aliphatic carbocycles. The van der Waals surface area contributed by atoms with Gasteiger partial charge in [-0.05, 0) is 31.5 Å². The maximum Gasteiger partial charge on any atom is 0.340 e. The highest BCUT2D eigenvalue weighted by Gasteiger charge is 2.12. The largest absolute Gasteiger partial charge is 0.465 e. The highest BCUT2D eigenvalue weighted by Crippen LogP contribution is 2.11. The third-order valence-electron chi connectivity index (χ3n) is 2.65. The lowest BCUT2D eigenvalue weighted by molar-refractivity contribution is 0.0595. The minimum absolute atomic E-state index is 0.0473. The molecule has 106 valence electrons. The van der Waals surface area contributed by atoms with Crippen LogP contribution in [0.5, 0.6) is 0 Å². The van der Waals surface area contributed by atoms with E-state index in [1.807, 2.05) is 13.8 Å². The van der Waals surface area contributed by atoms with Crippen LogP contribution >= 0.6 is 0 Å². The van der Waals surface area contributed by atoms with E-state index in [9.17, 15) is 9.18 Å². The molecule has 0 aromatic heterocycles. The number of hydrogen-bond acceptors (Lipinski definition) is 4. The number of ether oxygens (including phenoxy) is 2. The van der Waals surface area contributed by atoms with Gasteiger partial charge >= 0.3 is 5.97 Å². The summed E-state index contributed by atoms with van der Waals surface area (Å²) in [6.45, 7) is 5.80. The Labute approximate surface area is 112 Å². The van der Waals surface area contributed by atoms with Gasteiger partial charge in [0.2, 0.25) is 0 Å². The molecule has 1 unspecified atom stereocenters. The molecule has 0 amide bonds. The summed E-state index contributed by atoms with van der Waals surface area (Å²) in [7, 11) is 1.23. The van der Waals surface area contributed by atoms with Gasteiger partial charge in [0.1, 0.15) is 5.82 Å². The van der Waals surface area contributed by atoms with Crippen LogP contribution in [0.2, 0.25) is 0 Å². The summed E-state index contributed by atoms with van der Waals surface area (Å²) in [6.07, 6.45) is 0.115. The Morgan fingerprint density at radius 3 is 2.79 bits per heavy atom. The average Bonchev–Trinajstić information content (AvgIpc) is 2.38. The van der Waals surface area contributed by atoms with Crippen molar-refractivity contribution in [2.24, 2.45) is 0 Å². The Morgan fingerprint density at radius 2 is 2.21 bits per heavy atom. The van der Waals surface area contributed by atoms with E-state index in [4.69, 9.17) is 4.74 Å². The van der Waals surface area contributed by atoms with Crippen LogP contribution < -0.4 is 5.32 Å². The third-order valence-corrected chi connectivity index (χ3v) is 2.65. The molecule has 19 heavy (non-hydrogen) atoms. The standard InChI is InChI=1S/C14H20FNO3/c1-4-19-10(2)8-16-9-11-5-6-12(13(15)7-11)14(17)18-3/h5-7,10,16H,4,8-9H2,1-3H3. The van der Waals surface area contributed by atoms with Gasteiger partial charge in [-0.15, -0.1) is 0 Å². The van der Waals surface area contributed by atoms with Crippen molar-refractivity contribution in [2.45, 2.75) is 26.5 Å². The van der Waals surface area contributed by atoms with Crippen molar-refractivity contribution in [3.8, 4) is 0 Å². The molecule has 0 aliphatic heterocycles. The van der Waals surface area contributed by atoms with Gasteiger partial charge in [0.15, 0.2) is 0 Å². The van der Waals surface area contributed by atoms with Crippen molar-refractivity contribution in [3.63, 3.8) is 0 Å². The smallest absolute Gasteiger partial charge is 0.340 e. The van der Waals surface area contributed by atoms with Crippen molar-refractivity contribution in [3.05, 3.63) is 35.1 Å². The van der Waals surface area contributed by atoms with Crippen LogP contribution in [0.1, 0.15) is 29.8 Å². The van der Waals surface area contributed by atoms with E-state index in [1.54, 1.807) is 6.07 Å². The number of esters is 1. The Morgan fingerprint density at radius 1 is 1.47 bits per heavy atom. The fourth-order valence-corrected chi connectivity index (χ4v) is 1.71. The second-order valence-electron chi connectivity index (χ2n) is 4.20. The normalized spacial score (nSPS) is 12.2. The molecule has 5 heteroatoms. The first-order valence-electron chi connectivity index (χ1n) is 6.27. The number of hydrogen-bond donors (Lipinski definition) is 1. The molecule has 0 bridgehead atoms. The number of benzene rings is 1. The summed E-state index contributed by atoms with van der Waals surface area (Å²) >= 11 is 0. The predicted molar refractivity (Wildman–Crippen MR) is 70.5 cm³/mol. The summed E-state index contributed by atoms with van der Waals surface area (Å²) < 4.78 is 23.5. The Hall–Kier alpha value is -1.46. The zero-order valence-electron chi connectivity index (χ0n) is 11.5. The van der Waals surface area contributed by atoms with E-state index in [-0.39, 0.29) is 11.7 Å². The summed E-state index contributed by atoms with van der Waals surface area (Å²) in [5, 5.41) is 3.17. The molecule has 0 saturated carbocycles. The summed E-state index contributed by atoms with van der Waals surface area (Å²) in [4.78, 5) is 11.2. The zero-order valence-corrected chi connectivity index (χ0v) is 11.5. The number of nitrogens with one attached hydrogen (secondary N) is 1. The van der Waals surface area contributed by atoms with Gasteiger partial charge < -0.3 is 14.8 Å². The van der Waals surface area contributed by atoms with E-state index in [1.165, 1.54) is 19.2 Å². The van der Waals surface area contributed by atoms with Crippen molar-refractivity contribution < 1.29 is 18.7 Å². The molecule has 0 saturated heterocycles. The van der Waals surface area contributed by atoms with Gasteiger partial charge in [-0.3, -0.25) is 0 Å². The zero-order chi connectivity index (χ0) is 14.3. The molecule has 0 heterocycles. The minimum atomic E-state index is -0.665. The van der Waals surface area contributed by atoms with E-state index in [0.717, 1.165) is 5.56 Å². The molecule has 1 atom stereocenters. The SMILES string of the molecule is CCOC(C)CNCc1ccc(C(=O)OC)c(F)c1. The van der Waals surface area contributed by atoms with Gasteiger partial charge in [0.25, 0.3) is 0 Å². The van der Waals surface area contributed by atoms with E-state index < -0.39 is 11.8 Å². The van der Waals surface area contributed by atoms with Gasteiger partial charge in [-0.2, -0.15) is 0 Å². The molecular formula is C14H20FNO3. The highest BCUT2D eigenvalue weighted by molar-refractivity contribution is 5.89. The number of rotatable bonds is 7. The molecule has 0 radical (unpaired) electrons. The first-order chi connectivity index (χ1) is 9.08. The highest BCUT2D eigenvalue weighted by atomic mass is 19.1. The summed E-state index contributed by atoms with van der Waals surface area (Å²) in [5.41, 5.74) is 0.725. The number of halogens is 1. The van der Waals surface area contributed by atoms with Crippen molar-refractivity contribution in [1.82, 2.24) is 5.32 Å². The van der Waals surface area contributed by atoms with Gasteiger partial charge in [0.05, 0.1) is 18.8 Å². The second-order valence-corrected chi connectivity index (χ2v) is 4.20. The van der Waals surface area contributed by atoms with Gasteiger partial charge in [-0.1, -0.05) is 6.07 Å². The topological polar surface area (TPSA) is 47.6 Å². The molecule has 4 nitrogen and oxygen atoms in total. The fraction of sp³-hybridized carbons (Fsp3) is 0.500. The second kappa shape index (κ2) is 7.86. The monoisotopic (exact) mass is 269 g/mol. The van der Waals surface area contributed by atoms with E-state index in [0.29, 0.717) is 19.7 Å². The molecule has 1 N–H and O–H groups in total. The van der Waals surface area contributed by atoms with Crippen LogP contribution in [0.25, 0.3) is 0 Å². The van der Waals surface area contributed by atoms with Crippen LogP contribution in [0.15, 0.2) is 18.2 Å². The lowest BCUT2D eigenvalue weighted by atomic mass is 10.1. The number of methoxy groups -OCH3 is 1. The third kappa shape index (κ3) is 4.96. The molecule has 0 fully saturated rings. The lowest BCUT2D eigenvalue weighted by Gasteiger charge is -2.12. The fourth-order valence-electron chi connectivity index (χ4n) is 1.71. The maximum absolute atomic E-state index is 13.6. The van der Waals surface area contributed by atoms with Gasteiger partial charge in [-0.25, -0.2) is 9.18 Å². The van der Waals surface area contributed by atoms with E-state index in [2.05, 4.69) is 10.1 Å². The van der Waals surface area contributed by atoms with Crippen molar-refractivity contribution in [1.29, 1.82) is 0 Å². The van der Waals surface area contributed by atoms with Crippen LogP contribution in [0.3, 0.4) is 0 Å². The summed E-state index contributed by atoms with van der Waals surface area (Å²) in [6, 6.07) is 4.47. The maximum atomic E-state index is 13.6. The van der Waals surface area contributed by atoms with Crippen LogP contribution in [0.4, 0.5) is 4.39 Å². The van der Waals surface area contributed by atoms with Gasteiger partial charge in [0, 0.05) is 19.7 Å². The summed E-state index contributed by atoms with van der Waals surface area (Å²) in [5.74, 6) is -1.23. The average molecular weight is 269 g/mol. The molecule has 0 spiro atoms. The molecule has 1 aromatic carbocycles. The minimum Gasteiger partial charge on any atom is -0.465 e. The Balaban J connectivity index is 2.52. The number of carbonyl (C=O) groups is 1.